The lowest BCUT2D eigenvalue weighted by molar-refractivity contribution is -0.121. The number of carbonyl (C=O) groups excluding carboxylic acids is 1. The second-order valence-corrected chi connectivity index (χ2v) is 3.89. The van der Waals surface area contributed by atoms with Gasteiger partial charge in [0.15, 0.2) is 0 Å². The third-order valence-corrected chi connectivity index (χ3v) is 2.76. The van der Waals surface area contributed by atoms with E-state index in [1.54, 1.807) is 6.08 Å². The van der Waals surface area contributed by atoms with Crippen LogP contribution in [0.15, 0.2) is 12.7 Å². The van der Waals surface area contributed by atoms with Gasteiger partial charge in [-0.25, -0.2) is 0 Å². The lowest BCUT2D eigenvalue weighted by atomic mass is 10.1. The van der Waals surface area contributed by atoms with E-state index in [-0.39, 0.29) is 17.9 Å². The molecule has 80 valence electrons. The molecule has 0 radical (unpaired) electrons. The van der Waals surface area contributed by atoms with Crippen molar-refractivity contribution in [3.63, 3.8) is 0 Å². The Kier molecular flexibility index (Phi) is 4.66. The minimum absolute atomic E-state index is 0.0593. The van der Waals surface area contributed by atoms with E-state index in [1.807, 2.05) is 0 Å². The van der Waals surface area contributed by atoms with E-state index >= 15 is 0 Å². The summed E-state index contributed by atoms with van der Waals surface area (Å²) in [6, 6.07) is 0. The lowest BCUT2D eigenvalue weighted by Gasteiger charge is -2.14. The zero-order valence-corrected chi connectivity index (χ0v) is 8.54. The summed E-state index contributed by atoms with van der Waals surface area (Å²) in [6.45, 7) is 4.18. The van der Waals surface area contributed by atoms with Crippen molar-refractivity contribution in [3.8, 4) is 0 Å². The molecule has 0 aromatic rings. The molecule has 1 aliphatic rings. The van der Waals surface area contributed by atoms with E-state index < -0.39 is 0 Å². The highest BCUT2D eigenvalue weighted by Gasteiger charge is 2.24. The van der Waals surface area contributed by atoms with E-state index in [1.165, 1.54) is 0 Å². The van der Waals surface area contributed by atoms with Crippen LogP contribution in [0.3, 0.4) is 0 Å². The number of hydrogen-bond acceptors (Lipinski definition) is 2. The zero-order valence-electron chi connectivity index (χ0n) is 8.54. The van der Waals surface area contributed by atoms with Gasteiger partial charge in [-0.2, -0.15) is 0 Å². The van der Waals surface area contributed by atoms with Crippen molar-refractivity contribution in [2.24, 2.45) is 5.92 Å². The first kappa shape index (κ1) is 11.2. The monoisotopic (exact) mass is 197 g/mol. The minimum Gasteiger partial charge on any atom is -0.393 e. The second-order valence-electron chi connectivity index (χ2n) is 3.89. The van der Waals surface area contributed by atoms with E-state index in [0.29, 0.717) is 13.0 Å². The number of aliphatic hydroxyl groups excluding tert-OH is 1. The smallest absolute Gasteiger partial charge is 0.220 e. The highest BCUT2D eigenvalue weighted by atomic mass is 16.3. The summed E-state index contributed by atoms with van der Waals surface area (Å²) in [5, 5.41) is 12.4. The molecular formula is C11H19NO2. The van der Waals surface area contributed by atoms with E-state index in [2.05, 4.69) is 11.9 Å². The van der Waals surface area contributed by atoms with Crippen LogP contribution in [0.5, 0.6) is 0 Å². The van der Waals surface area contributed by atoms with Gasteiger partial charge < -0.3 is 10.4 Å². The number of nitrogens with one attached hydrogen (secondary N) is 1. The summed E-state index contributed by atoms with van der Waals surface area (Å²) in [6.07, 6.45) is 5.74. The van der Waals surface area contributed by atoms with E-state index in [9.17, 15) is 9.90 Å². The number of carbonyl (C=O) groups is 1. The first-order valence-electron chi connectivity index (χ1n) is 5.29. The van der Waals surface area contributed by atoms with Crippen LogP contribution in [0.4, 0.5) is 0 Å². The van der Waals surface area contributed by atoms with Crippen LogP contribution in [0.2, 0.25) is 0 Å². The number of amides is 1. The Labute approximate surface area is 85.2 Å². The molecule has 0 heterocycles. The van der Waals surface area contributed by atoms with Crippen LogP contribution >= 0.6 is 0 Å². The molecule has 3 nitrogen and oxygen atoms in total. The molecule has 0 aromatic carbocycles. The van der Waals surface area contributed by atoms with Gasteiger partial charge in [-0.15, -0.1) is 6.58 Å². The van der Waals surface area contributed by atoms with Crippen LogP contribution < -0.4 is 5.32 Å². The van der Waals surface area contributed by atoms with Crippen molar-refractivity contribution in [1.29, 1.82) is 0 Å². The van der Waals surface area contributed by atoms with Crippen molar-refractivity contribution in [3.05, 3.63) is 12.7 Å². The number of rotatable bonds is 5. The summed E-state index contributed by atoms with van der Waals surface area (Å²) < 4.78 is 0. The summed E-state index contributed by atoms with van der Waals surface area (Å²) >= 11 is 0. The van der Waals surface area contributed by atoms with Crippen LogP contribution in [0.25, 0.3) is 0 Å². The molecule has 0 aromatic heterocycles. The maximum atomic E-state index is 11.2. The molecule has 0 spiro atoms. The number of aliphatic hydroxyl groups is 1. The molecule has 0 aliphatic heterocycles. The molecule has 1 fully saturated rings. The van der Waals surface area contributed by atoms with Gasteiger partial charge in [0.25, 0.3) is 0 Å². The van der Waals surface area contributed by atoms with E-state index in [0.717, 1.165) is 25.7 Å². The molecule has 1 amide bonds. The molecule has 2 unspecified atom stereocenters. The highest BCUT2D eigenvalue weighted by Crippen LogP contribution is 2.24. The van der Waals surface area contributed by atoms with Gasteiger partial charge in [0.05, 0.1) is 6.10 Å². The minimum atomic E-state index is -0.213. The summed E-state index contributed by atoms with van der Waals surface area (Å²) in [5.74, 6) is 0.326. The van der Waals surface area contributed by atoms with Crippen molar-refractivity contribution in [2.45, 2.75) is 38.2 Å². The van der Waals surface area contributed by atoms with Crippen molar-refractivity contribution in [2.75, 3.05) is 6.54 Å². The Morgan fingerprint density at radius 3 is 2.93 bits per heavy atom. The van der Waals surface area contributed by atoms with Crippen LogP contribution in [0.1, 0.15) is 32.1 Å². The number of allylic oxidation sites excluding steroid dienone is 1. The average molecular weight is 197 g/mol. The van der Waals surface area contributed by atoms with Gasteiger partial charge in [-0.1, -0.05) is 12.5 Å². The molecule has 2 N–H and O–H groups in total. The molecule has 0 saturated heterocycles. The molecule has 14 heavy (non-hydrogen) atoms. The van der Waals surface area contributed by atoms with Gasteiger partial charge in [-0.05, 0) is 19.3 Å². The Hall–Kier alpha value is -0.830. The second kappa shape index (κ2) is 5.81. The fourth-order valence-corrected chi connectivity index (χ4v) is 1.82. The van der Waals surface area contributed by atoms with Gasteiger partial charge >= 0.3 is 0 Å². The third-order valence-electron chi connectivity index (χ3n) is 2.76. The van der Waals surface area contributed by atoms with Crippen LogP contribution in [-0.4, -0.2) is 23.7 Å². The predicted octanol–water partition coefficient (Wildman–Crippen LogP) is 1.23. The normalized spacial score (nSPS) is 26.1. The highest BCUT2D eigenvalue weighted by molar-refractivity contribution is 5.75. The summed E-state index contributed by atoms with van der Waals surface area (Å²) in [4.78, 5) is 11.2. The molecule has 1 aliphatic carbocycles. The average Bonchev–Trinajstić information content (AvgIpc) is 2.58. The first-order chi connectivity index (χ1) is 6.74. The Morgan fingerprint density at radius 1 is 1.57 bits per heavy atom. The van der Waals surface area contributed by atoms with Gasteiger partial charge in [-0.3, -0.25) is 4.79 Å². The Morgan fingerprint density at radius 2 is 2.36 bits per heavy atom. The van der Waals surface area contributed by atoms with Crippen molar-refractivity contribution < 1.29 is 9.90 Å². The van der Waals surface area contributed by atoms with Crippen molar-refractivity contribution in [1.82, 2.24) is 5.32 Å². The molecule has 2 atom stereocenters. The fraction of sp³-hybridized carbons (Fsp3) is 0.727. The lowest BCUT2D eigenvalue weighted by Crippen LogP contribution is -2.32. The summed E-state index contributed by atoms with van der Waals surface area (Å²) in [5.41, 5.74) is 0. The zero-order chi connectivity index (χ0) is 10.4. The van der Waals surface area contributed by atoms with E-state index in [4.69, 9.17) is 0 Å². The molecule has 1 rings (SSSR count). The van der Waals surface area contributed by atoms with Crippen LogP contribution in [0, 0.1) is 5.92 Å². The standard InChI is InChI=1S/C11H19NO2/c1-2-3-7-11(14)12-8-9-5-4-6-10(9)13/h2,9-10,13H,1,3-8H2,(H,12,14). The maximum absolute atomic E-state index is 11.2. The SMILES string of the molecule is C=CCCC(=O)NCC1CCCC1O. The number of hydrogen-bond donors (Lipinski definition) is 2. The Bertz CT molecular complexity index is 203. The molecule has 3 heteroatoms. The fourth-order valence-electron chi connectivity index (χ4n) is 1.82. The molecule has 1 saturated carbocycles. The predicted molar refractivity (Wildman–Crippen MR) is 55.8 cm³/mol. The Balaban J connectivity index is 2.13. The topological polar surface area (TPSA) is 49.3 Å². The van der Waals surface area contributed by atoms with Gasteiger partial charge in [0, 0.05) is 18.9 Å². The quantitative estimate of drug-likeness (QED) is 0.651. The van der Waals surface area contributed by atoms with Crippen LogP contribution in [-0.2, 0) is 4.79 Å². The first-order valence-corrected chi connectivity index (χ1v) is 5.29. The van der Waals surface area contributed by atoms with Gasteiger partial charge in [0.2, 0.25) is 5.91 Å². The third kappa shape index (κ3) is 3.50. The summed E-state index contributed by atoms with van der Waals surface area (Å²) in [7, 11) is 0. The van der Waals surface area contributed by atoms with Gasteiger partial charge in [0.1, 0.15) is 0 Å². The largest absolute Gasteiger partial charge is 0.393 e. The maximum Gasteiger partial charge on any atom is 0.220 e. The molecule has 0 bridgehead atoms. The van der Waals surface area contributed by atoms with Crippen molar-refractivity contribution >= 4 is 5.91 Å². The molecular weight excluding hydrogens is 178 g/mol.